The number of alkyl halides is 1. The molecule has 0 aromatic heterocycles. The highest BCUT2D eigenvalue weighted by Crippen LogP contribution is 2.19. The van der Waals surface area contributed by atoms with Crippen LogP contribution in [0.5, 0.6) is 0 Å². The first-order valence-electron chi connectivity index (χ1n) is 5.35. The van der Waals surface area contributed by atoms with Crippen molar-refractivity contribution in [3.05, 3.63) is 35.6 Å². The predicted molar refractivity (Wildman–Crippen MR) is 63.6 cm³/mol. The summed E-state index contributed by atoms with van der Waals surface area (Å²) in [5.41, 5.74) is 0.805. The number of nitrogens with zero attached hydrogens (tertiary/aromatic N) is 1. The minimum absolute atomic E-state index is 0.0887. The first-order valence-corrected chi connectivity index (χ1v) is 6.27. The second-order valence-corrected chi connectivity index (χ2v) is 5.36. The van der Waals surface area contributed by atoms with E-state index < -0.39 is 0 Å². The van der Waals surface area contributed by atoms with Gasteiger partial charge in [-0.05, 0) is 25.5 Å². The van der Waals surface area contributed by atoms with Gasteiger partial charge in [-0.15, -0.1) is 0 Å². The van der Waals surface area contributed by atoms with Crippen LogP contribution in [0.4, 0.5) is 4.39 Å². The van der Waals surface area contributed by atoms with Crippen molar-refractivity contribution in [2.75, 3.05) is 13.1 Å². The molecule has 0 bridgehead atoms. The Bertz CT molecular complexity index is 329. The fourth-order valence-corrected chi connectivity index (χ4v) is 2.74. The van der Waals surface area contributed by atoms with Gasteiger partial charge in [0.25, 0.3) is 0 Å². The van der Waals surface area contributed by atoms with Crippen LogP contribution in [0.1, 0.15) is 18.4 Å². The molecule has 0 spiro atoms. The standard InChI is InChI=1S/C12H15BrFN/c13-11-5-3-7-15(9-11)8-10-4-1-2-6-12(10)14/h1-2,4,6,11H,3,5,7-9H2. The van der Waals surface area contributed by atoms with Crippen molar-refractivity contribution in [2.45, 2.75) is 24.2 Å². The molecule has 82 valence electrons. The van der Waals surface area contributed by atoms with Gasteiger partial charge in [-0.25, -0.2) is 4.39 Å². The van der Waals surface area contributed by atoms with Gasteiger partial charge in [-0.3, -0.25) is 4.90 Å². The molecule has 0 saturated carbocycles. The second kappa shape index (κ2) is 5.08. The highest BCUT2D eigenvalue weighted by atomic mass is 79.9. The van der Waals surface area contributed by atoms with E-state index in [1.807, 2.05) is 12.1 Å². The third kappa shape index (κ3) is 3.02. The molecule has 0 radical (unpaired) electrons. The van der Waals surface area contributed by atoms with Crippen LogP contribution in [0, 0.1) is 5.82 Å². The predicted octanol–water partition coefficient (Wildman–Crippen LogP) is 3.19. The Morgan fingerprint density at radius 3 is 2.93 bits per heavy atom. The van der Waals surface area contributed by atoms with Crippen molar-refractivity contribution in [3.63, 3.8) is 0 Å². The molecule has 1 aromatic rings. The number of hydrogen-bond acceptors (Lipinski definition) is 1. The van der Waals surface area contributed by atoms with E-state index >= 15 is 0 Å². The van der Waals surface area contributed by atoms with Crippen LogP contribution in [-0.4, -0.2) is 22.8 Å². The van der Waals surface area contributed by atoms with E-state index in [0.717, 1.165) is 25.2 Å². The Balaban J connectivity index is 1.99. The van der Waals surface area contributed by atoms with Crippen LogP contribution >= 0.6 is 15.9 Å². The normalized spacial score (nSPS) is 22.9. The molecular weight excluding hydrogens is 257 g/mol. The average molecular weight is 272 g/mol. The SMILES string of the molecule is Fc1ccccc1CN1CCCC(Br)C1. The third-order valence-corrected chi connectivity index (χ3v) is 3.55. The van der Waals surface area contributed by atoms with Crippen LogP contribution in [0.15, 0.2) is 24.3 Å². The molecule has 1 aliphatic rings. The van der Waals surface area contributed by atoms with E-state index in [-0.39, 0.29) is 5.82 Å². The Morgan fingerprint density at radius 1 is 1.40 bits per heavy atom. The quantitative estimate of drug-likeness (QED) is 0.747. The minimum Gasteiger partial charge on any atom is -0.298 e. The van der Waals surface area contributed by atoms with Crippen LogP contribution in [0.3, 0.4) is 0 Å². The summed E-state index contributed by atoms with van der Waals surface area (Å²) in [6.07, 6.45) is 2.43. The highest BCUT2D eigenvalue weighted by molar-refractivity contribution is 9.09. The molecule has 1 aromatic carbocycles. The number of hydrogen-bond donors (Lipinski definition) is 0. The topological polar surface area (TPSA) is 3.24 Å². The Kier molecular flexibility index (Phi) is 3.76. The van der Waals surface area contributed by atoms with Crippen molar-refractivity contribution < 1.29 is 4.39 Å². The third-order valence-electron chi connectivity index (χ3n) is 2.80. The first-order chi connectivity index (χ1) is 7.25. The summed E-state index contributed by atoms with van der Waals surface area (Å²) in [5.74, 6) is -0.0887. The van der Waals surface area contributed by atoms with E-state index in [2.05, 4.69) is 20.8 Å². The second-order valence-electron chi connectivity index (χ2n) is 4.07. The molecule has 1 fully saturated rings. The summed E-state index contributed by atoms with van der Waals surface area (Å²) in [6.45, 7) is 2.83. The van der Waals surface area contributed by atoms with E-state index in [1.165, 1.54) is 18.9 Å². The van der Waals surface area contributed by atoms with Gasteiger partial charge >= 0.3 is 0 Å². The van der Waals surface area contributed by atoms with E-state index in [4.69, 9.17) is 0 Å². The monoisotopic (exact) mass is 271 g/mol. The summed E-state index contributed by atoms with van der Waals surface area (Å²) >= 11 is 3.63. The van der Waals surface area contributed by atoms with Crippen LogP contribution in [0.25, 0.3) is 0 Å². The van der Waals surface area contributed by atoms with E-state index in [9.17, 15) is 4.39 Å². The molecule has 0 aliphatic carbocycles. The molecule has 2 rings (SSSR count). The molecule has 0 amide bonds. The number of piperidine rings is 1. The maximum Gasteiger partial charge on any atom is 0.127 e. The Labute approximate surface area is 98.4 Å². The summed E-state index contributed by atoms with van der Waals surface area (Å²) in [5, 5.41) is 0. The maximum atomic E-state index is 13.4. The lowest BCUT2D eigenvalue weighted by Crippen LogP contribution is -2.35. The number of likely N-dealkylation sites (tertiary alicyclic amines) is 1. The van der Waals surface area contributed by atoms with Crippen molar-refractivity contribution in [2.24, 2.45) is 0 Å². The van der Waals surface area contributed by atoms with Crippen LogP contribution in [-0.2, 0) is 6.54 Å². The van der Waals surface area contributed by atoms with Crippen LogP contribution < -0.4 is 0 Å². The van der Waals surface area contributed by atoms with Crippen molar-refractivity contribution in [1.29, 1.82) is 0 Å². The van der Waals surface area contributed by atoms with Gasteiger partial charge in [0.05, 0.1) is 0 Å². The van der Waals surface area contributed by atoms with Gasteiger partial charge in [-0.1, -0.05) is 34.1 Å². The lowest BCUT2D eigenvalue weighted by atomic mass is 10.1. The Hall–Kier alpha value is -0.410. The minimum atomic E-state index is -0.0887. The number of halogens is 2. The van der Waals surface area contributed by atoms with Crippen molar-refractivity contribution in [1.82, 2.24) is 4.90 Å². The van der Waals surface area contributed by atoms with Crippen LogP contribution in [0.2, 0.25) is 0 Å². The molecule has 15 heavy (non-hydrogen) atoms. The fourth-order valence-electron chi connectivity index (χ4n) is 2.01. The lowest BCUT2D eigenvalue weighted by molar-refractivity contribution is 0.225. The molecular formula is C12H15BrFN. The fraction of sp³-hybridized carbons (Fsp3) is 0.500. The summed E-state index contributed by atoms with van der Waals surface area (Å²) in [4.78, 5) is 2.87. The molecule has 1 unspecified atom stereocenters. The summed E-state index contributed by atoms with van der Waals surface area (Å²) in [7, 11) is 0. The van der Waals surface area contributed by atoms with Gasteiger partial charge in [-0.2, -0.15) is 0 Å². The Morgan fingerprint density at radius 2 is 2.20 bits per heavy atom. The zero-order valence-electron chi connectivity index (χ0n) is 8.63. The number of rotatable bonds is 2. The smallest absolute Gasteiger partial charge is 0.127 e. The first kappa shape index (κ1) is 11.1. The van der Waals surface area contributed by atoms with Gasteiger partial charge < -0.3 is 0 Å². The van der Waals surface area contributed by atoms with Gasteiger partial charge in [0.2, 0.25) is 0 Å². The number of benzene rings is 1. The van der Waals surface area contributed by atoms with Gasteiger partial charge in [0.1, 0.15) is 5.82 Å². The average Bonchev–Trinajstić information content (AvgIpc) is 2.22. The summed E-state index contributed by atoms with van der Waals surface area (Å²) in [6, 6.07) is 7.04. The van der Waals surface area contributed by atoms with Crippen molar-refractivity contribution >= 4 is 15.9 Å². The van der Waals surface area contributed by atoms with Gasteiger partial charge in [0, 0.05) is 23.5 Å². The molecule has 1 saturated heterocycles. The zero-order chi connectivity index (χ0) is 10.7. The van der Waals surface area contributed by atoms with Crippen molar-refractivity contribution in [3.8, 4) is 0 Å². The molecule has 1 heterocycles. The van der Waals surface area contributed by atoms with Gasteiger partial charge in [0.15, 0.2) is 0 Å². The lowest BCUT2D eigenvalue weighted by Gasteiger charge is -2.29. The summed E-state index contributed by atoms with van der Waals surface area (Å²) < 4.78 is 13.4. The maximum absolute atomic E-state index is 13.4. The molecule has 1 atom stereocenters. The van der Waals surface area contributed by atoms with E-state index in [0.29, 0.717) is 4.83 Å². The molecule has 3 heteroatoms. The molecule has 1 nitrogen and oxygen atoms in total. The highest BCUT2D eigenvalue weighted by Gasteiger charge is 2.18. The largest absolute Gasteiger partial charge is 0.298 e. The van der Waals surface area contributed by atoms with E-state index in [1.54, 1.807) is 6.07 Å². The molecule has 0 N–H and O–H groups in total. The zero-order valence-corrected chi connectivity index (χ0v) is 10.2. The molecule has 1 aliphatic heterocycles.